The molecule has 5 nitrogen and oxygen atoms in total. The van der Waals surface area contributed by atoms with Crippen LogP contribution in [0.1, 0.15) is 10.4 Å². The number of nitrogens with one attached hydrogen (secondary N) is 1. The number of carbonyl (C=O) groups excluding carboxylic acids is 1. The van der Waals surface area contributed by atoms with Crippen molar-refractivity contribution in [3.8, 4) is 22.8 Å². The van der Waals surface area contributed by atoms with E-state index in [0.29, 0.717) is 10.9 Å². The zero-order chi connectivity index (χ0) is 17.9. The molecule has 0 saturated carbocycles. The fourth-order valence-corrected chi connectivity index (χ4v) is 3.97. The molecule has 4 rings (SSSR count). The largest absolute Gasteiger partial charge is 0.497 e. The molecule has 1 heterocycles. The lowest BCUT2D eigenvalue weighted by Gasteiger charge is -2.13. The second-order valence-electron chi connectivity index (χ2n) is 5.96. The first-order valence-corrected chi connectivity index (χ1v) is 9.19. The van der Waals surface area contributed by atoms with Crippen LogP contribution in [0.3, 0.4) is 0 Å². The number of rotatable bonds is 5. The molecule has 3 aromatic rings. The van der Waals surface area contributed by atoms with Gasteiger partial charge in [0.25, 0.3) is 5.91 Å². The van der Waals surface area contributed by atoms with E-state index in [1.165, 1.54) is 27.3 Å². The zero-order valence-electron chi connectivity index (χ0n) is 14.3. The van der Waals surface area contributed by atoms with E-state index in [2.05, 4.69) is 28.5 Å². The third-order valence-corrected chi connectivity index (χ3v) is 5.30. The summed E-state index contributed by atoms with van der Waals surface area (Å²) in [5.74, 6) is 1.14. The molecule has 1 amide bonds. The summed E-state index contributed by atoms with van der Waals surface area (Å²) in [6.07, 6.45) is 1.97. The average Bonchev–Trinajstić information content (AvgIpc) is 3.09. The van der Waals surface area contributed by atoms with Crippen molar-refractivity contribution in [2.45, 2.75) is 12.8 Å². The minimum atomic E-state index is -0.222. The van der Waals surface area contributed by atoms with Gasteiger partial charge in [0.1, 0.15) is 11.5 Å². The summed E-state index contributed by atoms with van der Waals surface area (Å²) >= 11 is 1.54. The summed E-state index contributed by atoms with van der Waals surface area (Å²) < 4.78 is 10.6. The Morgan fingerprint density at radius 2 is 1.88 bits per heavy atom. The van der Waals surface area contributed by atoms with Crippen molar-refractivity contribution in [1.29, 1.82) is 0 Å². The van der Waals surface area contributed by atoms with Gasteiger partial charge in [-0.15, -0.1) is 11.3 Å². The van der Waals surface area contributed by atoms with Crippen LogP contribution in [0.15, 0.2) is 48.5 Å². The quantitative estimate of drug-likeness (QED) is 0.743. The standard InChI is InChI=1S/C20H18N2O3S/c1-24-14-7-9-15(10-8-14)25-12-18(23)21-20-22-19-16-5-3-2-4-13(16)6-11-17(19)26-20/h2-5,7-10H,6,11-12H2,1H3,(H,21,22,23). The summed E-state index contributed by atoms with van der Waals surface area (Å²) in [7, 11) is 1.61. The molecule has 1 aliphatic rings. The summed E-state index contributed by atoms with van der Waals surface area (Å²) in [6, 6.07) is 15.4. The molecule has 1 aromatic heterocycles. The van der Waals surface area contributed by atoms with Crippen molar-refractivity contribution in [2.75, 3.05) is 19.0 Å². The highest BCUT2D eigenvalue weighted by atomic mass is 32.1. The molecule has 0 bridgehead atoms. The first kappa shape index (κ1) is 16.6. The van der Waals surface area contributed by atoms with E-state index in [-0.39, 0.29) is 12.5 Å². The number of benzene rings is 2. The summed E-state index contributed by atoms with van der Waals surface area (Å²) in [4.78, 5) is 18.0. The van der Waals surface area contributed by atoms with Crippen LogP contribution in [0.4, 0.5) is 5.13 Å². The highest BCUT2D eigenvalue weighted by molar-refractivity contribution is 7.16. The number of hydrogen-bond donors (Lipinski definition) is 1. The van der Waals surface area contributed by atoms with Gasteiger partial charge in [0.15, 0.2) is 11.7 Å². The van der Waals surface area contributed by atoms with Crippen LogP contribution >= 0.6 is 11.3 Å². The fraction of sp³-hybridized carbons (Fsp3) is 0.200. The predicted octanol–water partition coefficient (Wildman–Crippen LogP) is 3.93. The third-order valence-electron chi connectivity index (χ3n) is 4.27. The Balaban J connectivity index is 1.40. The molecule has 0 atom stereocenters. The molecule has 0 unspecified atom stereocenters. The lowest BCUT2D eigenvalue weighted by molar-refractivity contribution is -0.118. The number of fused-ring (bicyclic) bond motifs is 3. The van der Waals surface area contributed by atoms with Gasteiger partial charge in [0.2, 0.25) is 0 Å². The maximum Gasteiger partial charge on any atom is 0.264 e. The van der Waals surface area contributed by atoms with Crippen LogP contribution < -0.4 is 14.8 Å². The lowest BCUT2D eigenvalue weighted by atomic mass is 9.94. The molecule has 0 radical (unpaired) electrons. The van der Waals surface area contributed by atoms with E-state index in [9.17, 15) is 4.79 Å². The Bertz CT molecular complexity index is 934. The molecule has 1 N–H and O–H groups in total. The zero-order valence-corrected chi connectivity index (χ0v) is 15.1. The number of ether oxygens (including phenoxy) is 2. The molecular formula is C20H18N2O3S. The highest BCUT2D eigenvalue weighted by Crippen LogP contribution is 2.37. The van der Waals surface area contributed by atoms with E-state index in [4.69, 9.17) is 9.47 Å². The summed E-state index contributed by atoms with van der Waals surface area (Å²) in [5, 5.41) is 3.46. The fourth-order valence-electron chi connectivity index (χ4n) is 2.98. The van der Waals surface area contributed by atoms with Gasteiger partial charge < -0.3 is 9.47 Å². The molecule has 1 aliphatic carbocycles. The second-order valence-corrected chi connectivity index (χ2v) is 7.04. The average molecular weight is 366 g/mol. The van der Waals surface area contributed by atoms with Gasteiger partial charge in [-0.3, -0.25) is 10.1 Å². The second kappa shape index (κ2) is 7.17. The van der Waals surface area contributed by atoms with Crippen LogP contribution in [0.2, 0.25) is 0 Å². The molecule has 0 fully saturated rings. The first-order valence-electron chi connectivity index (χ1n) is 8.37. The molecule has 0 aliphatic heterocycles. The van der Waals surface area contributed by atoms with E-state index in [0.717, 1.165) is 24.3 Å². The van der Waals surface area contributed by atoms with Crippen molar-refractivity contribution in [3.05, 3.63) is 59.0 Å². The maximum atomic E-state index is 12.2. The Kier molecular flexibility index (Phi) is 4.58. The van der Waals surface area contributed by atoms with Gasteiger partial charge >= 0.3 is 0 Å². The third kappa shape index (κ3) is 3.41. The van der Waals surface area contributed by atoms with E-state index >= 15 is 0 Å². The molecule has 0 saturated heterocycles. The number of nitrogens with zero attached hydrogens (tertiary/aromatic N) is 1. The molecular weight excluding hydrogens is 348 g/mol. The smallest absolute Gasteiger partial charge is 0.264 e. The lowest BCUT2D eigenvalue weighted by Crippen LogP contribution is -2.20. The summed E-state index contributed by atoms with van der Waals surface area (Å²) in [6.45, 7) is -0.0623. The van der Waals surface area contributed by atoms with E-state index in [1.807, 2.05) is 6.07 Å². The highest BCUT2D eigenvalue weighted by Gasteiger charge is 2.21. The van der Waals surface area contributed by atoms with Gasteiger partial charge in [-0.1, -0.05) is 24.3 Å². The van der Waals surface area contributed by atoms with Crippen molar-refractivity contribution in [2.24, 2.45) is 0 Å². The van der Waals surface area contributed by atoms with Gasteiger partial charge in [0, 0.05) is 10.4 Å². The van der Waals surface area contributed by atoms with Crippen LogP contribution in [-0.2, 0) is 17.6 Å². The molecule has 2 aromatic carbocycles. The Hall–Kier alpha value is -2.86. The maximum absolute atomic E-state index is 12.2. The SMILES string of the molecule is COc1ccc(OCC(=O)Nc2nc3c(s2)CCc2ccccc2-3)cc1. The van der Waals surface area contributed by atoms with Crippen LogP contribution in [0.5, 0.6) is 11.5 Å². The Morgan fingerprint density at radius 1 is 1.12 bits per heavy atom. The van der Waals surface area contributed by atoms with Crippen LogP contribution in [0, 0.1) is 0 Å². The minimum Gasteiger partial charge on any atom is -0.497 e. The minimum absolute atomic E-state index is 0.0623. The Morgan fingerprint density at radius 3 is 2.69 bits per heavy atom. The van der Waals surface area contributed by atoms with E-state index < -0.39 is 0 Å². The molecule has 26 heavy (non-hydrogen) atoms. The number of amides is 1. The normalized spacial score (nSPS) is 12.0. The van der Waals surface area contributed by atoms with Crippen molar-refractivity contribution in [3.63, 3.8) is 0 Å². The van der Waals surface area contributed by atoms with Gasteiger partial charge in [-0.2, -0.15) is 0 Å². The number of methoxy groups -OCH3 is 1. The van der Waals surface area contributed by atoms with Crippen molar-refractivity contribution >= 4 is 22.4 Å². The monoisotopic (exact) mass is 366 g/mol. The Labute approximate surface area is 155 Å². The van der Waals surface area contributed by atoms with E-state index in [1.54, 1.807) is 31.4 Å². The van der Waals surface area contributed by atoms with Crippen LogP contribution in [-0.4, -0.2) is 24.6 Å². The molecule has 0 spiro atoms. The summed E-state index contributed by atoms with van der Waals surface area (Å²) in [5.41, 5.74) is 3.47. The number of anilines is 1. The van der Waals surface area contributed by atoms with Gasteiger partial charge in [-0.05, 0) is 42.7 Å². The topological polar surface area (TPSA) is 60.5 Å². The molecule has 132 valence electrons. The predicted molar refractivity (Wildman–Crippen MR) is 102 cm³/mol. The number of aryl methyl sites for hydroxylation is 2. The van der Waals surface area contributed by atoms with Gasteiger partial charge in [0.05, 0.1) is 12.8 Å². The van der Waals surface area contributed by atoms with Crippen molar-refractivity contribution in [1.82, 2.24) is 4.98 Å². The van der Waals surface area contributed by atoms with Gasteiger partial charge in [-0.25, -0.2) is 4.98 Å². The number of thiazole rings is 1. The number of carbonyl (C=O) groups is 1. The number of aromatic nitrogens is 1. The first-order chi connectivity index (χ1) is 12.7. The van der Waals surface area contributed by atoms with Crippen molar-refractivity contribution < 1.29 is 14.3 Å². The number of hydrogen-bond acceptors (Lipinski definition) is 5. The molecule has 6 heteroatoms. The van der Waals surface area contributed by atoms with Crippen LogP contribution in [0.25, 0.3) is 11.3 Å².